The minimum absolute atomic E-state index is 0.0597. The summed E-state index contributed by atoms with van der Waals surface area (Å²) >= 11 is 6.38. The van der Waals surface area contributed by atoms with Crippen molar-refractivity contribution in [2.75, 3.05) is 24.1 Å². The molecule has 3 atom stereocenters. The topological polar surface area (TPSA) is 114 Å². The van der Waals surface area contributed by atoms with Crippen LogP contribution in [-0.4, -0.2) is 55.9 Å². The molecule has 9 nitrogen and oxygen atoms in total. The van der Waals surface area contributed by atoms with Gasteiger partial charge in [-0.05, 0) is 62.8 Å². The molecule has 0 radical (unpaired) electrons. The summed E-state index contributed by atoms with van der Waals surface area (Å²) in [6.45, 7) is 0.224. The van der Waals surface area contributed by atoms with Crippen LogP contribution in [0, 0.1) is 5.82 Å². The Bertz CT molecular complexity index is 1510. The van der Waals surface area contributed by atoms with Crippen LogP contribution in [-0.2, 0) is 31.3 Å². The zero-order chi connectivity index (χ0) is 30.0. The number of carbonyl (C=O) groups excluding carboxylic acids is 1. The van der Waals surface area contributed by atoms with Gasteiger partial charge in [-0.2, -0.15) is 13.2 Å². The Morgan fingerprint density at radius 2 is 1.95 bits per heavy atom. The number of likely N-dealkylation sites (N-methyl/N-ethyl adjacent to an activating group) is 1. The van der Waals surface area contributed by atoms with Gasteiger partial charge in [0.25, 0.3) is 16.5 Å². The minimum atomic E-state index is -4.58. The lowest BCUT2D eigenvalue weighted by molar-refractivity contribution is -0.151. The summed E-state index contributed by atoms with van der Waals surface area (Å²) < 4.78 is 88.5. The summed E-state index contributed by atoms with van der Waals surface area (Å²) in [6.07, 6.45) is -1.57. The number of benzene rings is 2. The Balaban J connectivity index is 1.60. The van der Waals surface area contributed by atoms with Crippen molar-refractivity contribution in [3.63, 3.8) is 0 Å². The zero-order valence-electron chi connectivity index (χ0n) is 21.8. The molecule has 1 heterocycles. The highest BCUT2D eigenvalue weighted by Crippen LogP contribution is 2.44. The van der Waals surface area contributed by atoms with E-state index in [1.54, 1.807) is 14.1 Å². The van der Waals surface area contributed by atoms with Gasteiger partial charge in [0.2, 0.25) is 0 Å². The number of anilines is 2. The van der Waals surface area contributed by atoms with E-state index < -0.39 is 50.2 Å². The van der Waals surface area contributed by atoms with Crippen LogP contribution in [0.15, 0.2) is 59.9 Å². The minimum Gasteiger partial charge on any atom is -0.456 e. The Morgan fingerprint density at radius 3 is 2.59 bits per heavy atom. The zero-order valence-corrected chi connectivity index (χ0v) is 23.4. The number of rotatable bonds is 9. The maximum Gasteiger partial charge on any atom is 0.416 e. The number of carbonyl (C=O) groups is 1. The Morgan fingerprint density at radius 1 is 1.20 bits per heavy atom. The van der Waals surface area contributed by atoms with Gasteiger partial charge in [-0.15, -0.1) is 0 Å². The summed E-state index contributed by atoms with van der Waals surface area (Å²) in [6, 6.07) is 7.06. The lowest BCUT2D eigenvalue weighted by Crippen LogP contribution is -2.53. The predicted molar refractivity (Wildman–Crippen MR) is 143 cm³/mol. The number of alkyl halides is 3. The molecule has 0 aliphatic heterocycles. The summed E-state index contributed by atoms with van der Waals surface area (Å²) in [5.41, 5.74) is -1.88. The molecule has 1 fully saturated rings. The third kappa shape index (κ3) is 6.71. The standard InChI is InChI=1S/C26H26ClF4N5O4S/c1-36(2)22-13-25(40-15-37,16-4-3-5-17(10-16)26(29,30)31)8-6-20(22)34-21-12-19(28)23(11-18(21)27)41(38,39)35-24-7-9-32-14-33-24/h3-5,7,9-12,14-15,20,22,34H,6,8,13H2,1-2H3,(H,32,33,35)/t20-,22-,25+/m1/s1. The highest BCUT2D eigenvalue weighted by atomic mass is 35.5. The van der Waals surface area contributed by atoms with Crippen LogP contribution in [0.2, 0.25) is 5.02 Å². The van der Waals surface area contributed by atoms with E-state index in [-0.39, 0.29) is 41.4 Å². The largest absolute Gasteiger partial charge is 0.456 e. The first kappa shape index (κ1) is 30.5. The summed E-state index contributed by atoms with van der Waals surface area (Å²) in [5, 5.41) is 3.07. The molecule has 0 unspecified atom stereocenters. The SMILES string of the molecule is CN(C)[C@@H]1C[C@](OC=O)(c2cccc(C(F)(F)F)c2)CC[C@H]1Nc1cc(F)c(S(=O)(=O)Nc2ccncn2)cc1Cl. The summed E-state index contributed by atoms with van der Waals surface area (Å²) in [5.74, 6) is -1.13. The number of hydrogen-bond acceptors (Lipinski definition) is 8. The molecule has 2 aromatic carbocycles. The molecule has 2 N–H and O–H groups in total. The average Bonchev–Trinajstić information content (AvgIpc) is 2.91. The molecule has 0 spiro atoms. The second-order valence-electron chi connectivity index (χ2n) is 9.77. The molecule has 3 aromatic rings. The van der Waals surface area contributed by atoms with Crippen molar-refractivity contribution in [1.82, 2.24) is 14.9 Å². The quantitative estimate of drug-likeness (QED) is 0.254. The van der Waals surface area contributed by atoms with Crippen LogP contribution in [0.5, 0.6) is 0 Å². The van der Waals surface area contributed by atoms with Crippen molar-refractivity contribution in [1.29, 1.82) is 0 Å². The van der Waals surface area contributed by atoms with E-state index in [4.69, 9.17) is 16.3 Å². The first-order chi connectivity index (χ1) is 19.3. The van der Waals surface area contributed by atoms with Gasteiger partial charge in [0, 0.05) is 24.7 Å². The predicted octanol–water partition coefficient (Wildman–Crippen LogP) is 5.05. The molecule has 41 heavy (non-hydrogen) atoms. The van der Waals surface area contributed by atoms with Crippen LogP contribution >= 0.6 is 11.6 Å². The molecule has 1 saturated carbocycles. The number of nitrogens with one attached hydrogen (secondary N) is 2. The van der Waals surface area contributed by atoms with Crippen molar-refractivity contribution in [2.45, 2.75) is 48.0 Å². The molecule has 4 rings (SSSR count). The van der Waals surface area contributed by atoms with Gasteiger partial charge < -0.3 is 15.0 Å². The molecule has 1 aromatic heterocycles. The van der Waals surface area contributed by atoms with Gasteiger partial charge in [0.1, 0.15) is 28.5 Å². The Labute approximate surface area is 238 Å². The fraction of sp³-hybridized carbons (Fsp3) is 0.346. The number of nitrogens with zero attached hydrogens (tertiary/aromatic N) is 3. The smallest absolute Gasteiger partial charge is 0.416 e. The third-order valence-corrected chi connectivity index (χ3v) is 8.67. The van der Waals surface area contributed by atoms with E-state index in [0.29, 0.717) is 6.42 Å². The lowest BCUT2D eigenvalue weighted by atomic mass is 9.74. The molecule has 0 bridgehead atoms. The van der Waals surface area contributed by atoms with E-state index in [1.165, 1.54) is 24.4 Å². The highest BCUT2D eigenvalue weighted by Gasteiger charge is 2.46. The first-order valence-electron chi connectivity index (χ1n) is 12.3. The molecule has 1 aliphatic carbocycles. The van der Waals surface area contributed by atoms with Crippen LogP contribution in [0.25, 0.3) is 0 Å². The fourth-order valence-electron chi connectivity index (χ4n) is 4.97. The normalized spacial score (nSPS) is 21.4. The van der Waals surface area contributed by atoms with Gasteiger partial charge in [-0.3, -0.25) is 9.52 Å². The molecule has 0 saturated heterocycles. The molecular weight excluding hydrogens is 590 g/mol. The molecular formula is C26H26ClF4N5O4S. The first-order valence-corrected chi connectivity index (χ1v) is 14.1. The van der Waals surface area contributed by atoms with Gasteiger partial charge in [-0.1, -0.05) is 23.7 Å². The van der Waals surface area contributed by atoms with Crippen LogP contribution in [0.4, 0.5) is 29.1 Å². The van der Waals surface area contributed by atoms with E-state index in [1.807, 2.05) is 4.90 Å². The van der Waals surface area contributed by atoms with Gasteiger partial charge >= 0.3 is 6.18 Å². The summed E-state index contributed by atoms with van der Waals surface area (Å²) in [7, 11) is -0.874. The van der Waals surface area contributed by atoms with Crippen LogP contribution < -0.4 is 10.0 Å². The van der Waals surface area contributed by atoms with Gasteiger partial charge in [0.05, 0.1) is 16.3 Å². The van der Waals surface area contributed by atoms with Crippen molar-refractivity contribution in [3.8, 4) is 0 Å². The van der Waals surface area contributed by atoms with Gasteiger partial charge in [0.15, 0.2) is 0 Å². The lowest BCUT2D eigenvalue weighted by Gasteiger charge is -2.46. The van der Waals surface area contributed by atoms with E-state index in [0.717, 1.165) is 30.6 Å². The van der Waals surface area contributed by atoms with E-state index in [9.17, 15) is 26.4 Å². The number of hydrogen-bond donors (Lipinski definition) is 2. The Hall–Kier alpha value is -3.49. The maximum atomic E-state index is 15.1. The number of halogens is 5. The van der Waals surface area contributed by atoms with Crippen molar-refractivity contribution >= 4 is 39.6 Å². The molecule has 220 valence electrons. The number of aromatic nitrogens is 2. The van der Waals surface area contributed by atoms with E-state index in [2.05, 4.69) is 20.0 Å². The van der Waals surface area contributed by atoms with Crippen molar-refractivity contribution in [2.24, 2.45) is 0 Å². The summed E-state index contributed by atoms with van der Waals surface area (Å²) in [4.78, 5) is 20.1. The highest BCUT2D eigenvalue weighted by molar-refractivity contribution is 7.92. The van der Waals surface area contributed by atoms with Gasteiger partial charge in [-0.25, -0.2) is 22.8 Å². The maximum absolute atomic E-state index is 15.1. The number of ether oxygens (including phenoxy) is 1. The van der Waals surface area contributed by atoms with Crippen LogP contribution in [0.3, 0.4) is 0 Å². The average molecular weight is 616 g/mol. The van der Waals surface area contributed by atoms with Crippen molar-refractivity contribution in [3.05, 3.63) is 77.0 Å². The van der Waals surface area contributed by atoms with E-state index >= 15 is 4.39 Å². The fourth-order valence-corrected chi connectivity index (χ4v) is 6.35. The second kappa shape index (κ2) is 11.8. The second-order valence-corrected chi connectivity index (χ2v) is 11.8. The number of sulfonamides is 1. The van der Waals surface area contributed by atoms with Crippen LogP contribution in [0.1, 0.15) is 30.4 Å². The molecule has 1 aliphatic rings. The van der Waals surface area contributed by atoms with Crippen molar-refractivity contribution < 1.29 is 35.5 Å². The monoisotopic (exact) mass is 615 g/mol. The third-order valence-electron chi connectivity index (χ3n) is 6.99. The molecule has 15 heteroatoms. The Kier molecular flexibility index (Phi) is 8.76. The molecule has 0 amide bonds.